The number of allylic oxidation sites excluding steroid dienone is 4. The molecule has 0 saturated heterocycles. The summed E-state index contributed by atoms with van der Waals surface area (Å²) >= 11 is 0. The van der Waals surface area contributed by atoms with Crippen LogP contribution in [0.3, 0.4) is 0 Å². The molecule has 0 aromatic heterocycles. The standard InChI is InChI=1S/C7H9.C6H5.C3H7.3ClH.H3Si.Ti/c1-2-7-5-3-4-6-7;1-2-4-6-5-3-1;1-3-2;;;;;/h5-6H,2-3H2,1H3;1-5H;1,3H2,2H3;3*1H;1H3;/q3*-1;;;;;+3. The number of halogens is 3. The molecule has 0 spiro atoms. The Bertz CT molecular complexity index is 277. The van der Waals surface area contributed by atoms with Crippen molar-refractivity contribution in [2.75, 3.05) is 0 Å². The number of rotatable bonds is 1. The van der Waals surface area contributed by atoms with Crippen LogP contribution in [0, 0.1) is 19.1 Å². The Morgan fingerprint density at radius 3 is 1.67 bits per heavy atom. The second-order valence-corrected chi connectivity index (χ2v) is 3.26. The van der Waals surface area contributed by atoms with E-state index in [2.05, 4.69) is 38.1 Å². The normalized spacial score (nSPS) is 9.00. The van der Waals surface area contributed by atoms with E-state index in [1.165, 1.54) is 5.57 Å². The van der Waals surface area contributed by atoms with Crippen molar-refractivity contribution in [3.05, 3.63) is 67.1 Å². The smallest absolute Gasteiger partial charge is 0.344 e. The molecule has 0 heterocycles. The van der Waals surface area contributed by atoms with Gasteiger partial charge in [0.1, 0.15) is 0 Å². The predicted molar refractivity (Wildman–Crippen MR) is 103 cm³/mol. The second-order valence-electron chi connectivity index (χ2n) is 3.26. The van der Waals surface area contributed by atoms with E-state index in [1.54, 1.807) is 0 Å². The predicted octanol–water partition coefficient (Wildman–Crippen LogP) is 4.88. The summed E-state index contributed by atoms with van der Waals surface area (Å²) in [5.74, 6) is 0. The zero-order valence-corrected chi connectivity index (χ0v) is 19.1. The van der Waals surface area contributed by atoms with Crippen LogP contribution in [-0.2, 0) is 21.7 Å². The first-order valence-corrected chi connectivity index (χ1v) is 5.81. The molecule has 21 heavy (non-hydrogen) atoms. The van der Waals surface area contributed by atoms with Gasteiger partial charge >= 0.3 is 21.7 Å². The van der Waals surface area contributed by atoms with Gasteiger partial charge in [0.15, 0.2) is 0 Å². The molecule has 0 aliphatic heterocycles. The minimum atomic E-state index is 0. The minimum Gasteiger partial charge on any atom is -0.344 e. The van der Waals surface area contributed by atoms with Crippen molar-refractivity contribution >= 4 is 48.2 Å². The number of benzene rings is 1. The maximum Gasteiger partial charge on any atom is 3.00 e. The SMILES string of the molecule is CCC1=CC[C-]=C1.Cl.Cl.Cl.[CH2-]CC.[SiH3].[Ti+3].[c-]1ccccc1. The Morgan fingerprint density at radius 1 is 1.05 bits per heavy atom. The third-order valence-electron chi connectivity index (χ3n) is 1.78. The van der Waals surface area contributed by atoms with Crippen molar-refractivity contribution in [2.45, 2.75) is 33.1 Å². The van der Waals surface area contributed by atoms with Crippen LogP contribution in [0.1, 0.15) is 33.1 Å². The van der Waals surface area contributed by atoms with Gasteiger partial charge in [0.25, 0.3) is 0 Å². The van der Waals surface area contributed by atoms with Crippen molar-refractivity contribution in [2.24, 2.45) is 0 Å². The molecule has 0 unspecified atom stereocenters. The molecule has 1 aliphatic rings. The van der Waals surface area contributed by atoms with Crippen LogP contribution in [0.2, 0.25) is 0 Å². The molecule has 0 atom stereocenters. The second kappa shape index (κ2) is 32.4. The first kappa shape index (κ1) is 37.6. The minimum absolute atomic E-state index is 0. The van der Waals surface area contributed by atoms with Gasteiger partial charge in [0.05, 0.1) is 0 Å². The van der Waals surface area contributed by atoms with E-state index >= 15 is 0 Å². The van der Waals surface area contributed by atoms with E-state index in [0.717, 1.165) is 19.3 Å². The zero-order chi connectivity index (χ0) is 12.1. The summed E-state index contributed by atoms with van der Waals surface area (Å²) in [5, 5.41) is 0. The molecule has 1 aromatic carbocycles. The van der Waals surface area contributed by atoms with Gasteiger partial charge in [-0.05, 0) is 11.0 Å². The average molecular weight is 402 g/mol. The van der Waals surface area contributed by atoms with E-state index in [0.29, 0.717) is 0 Å². The van der Waals surface area contributed by atoms with Gasteiger partial charge < -0.3 is 6.92 Å². The first-order chi connectivity index (χ1) is 7.85. The molecule has 2 rings (SSSR count). The van der Waals surface area contributed by atoms with Gasteiger partial charge in [-0.1, -0.05) is 20.3 Å². The summed E-state index contributed by atoms with van der Waals surface area (Å²) in [7, 11) is 0. The fraction of sp³-hybridized carbons (Fsp3) is 0.312. The molecule has 0 nitrogen and oxygen atoms in total. The molecular formula is C16H27Cl3SiTi. The van der Waals surface area contributed by atoms with Crippen molar-refractivity contribution in [1.29, 1.82) is 0 Å². The van der Waals surface area contributed by atoms with Crippen molar-refractivity contribution in [3.63, 3.8) is 0 Å². The maximum atomic E-state index is 3.49. The van der Waals surface area contributed by atoms with E-state index < -0.39 is 0 Å². The van der Waals surface area contributed by atoms with Crippen molar-refractivity contribution < 1.29 is 21.7 Å². The fourth-order valence-corrected chi connectivity index (χ4v) is 1.03. The molecule has 0 amide bonds. The molecule has 0 bridgehead atoms. The molecule has 0 fully saturated rings. The maximum absolute atomic E-state index is 3.49. The van der Waals surface area contributed by atoms with Crippen LogP contribution in [0.4, 0.5) is 0 Å². The number of hydrogen-bond donors (Lipinski definition) is 0. The molecule has 120 valence electrons. The summed E-state index contributed by atoms with van der Waals surface area (Å²) in [6.07, 6.45) is 10.6. The largest absolute Gasteiger partial charge is 3.00 e. The summed E-state index contributed by atoms with van der Waals surface area (Å²) in [5.41, 5.74) is 1.43. The summed E-state index contributed by atoms with van der Waals surface area (Å²) < 4.78 is 0. The quantitative estimate of drug-likeness (QED) is 0.465. The molecule has 1 aromatic rings. The molecule has 0 N–H and O–H groups in total. The molecule has 1 aliphatic carbocycles. The van der Waals surface area contributed by atoms with Crippen molar-refractivity contribution in [3.8, 4) is 0 Å². The Balaban J connectivity index is -0.0000000379. The van der Waals surface area contributed by atoms with Crippen LogP contribution >= 0.6 is 37.2 Å². The van der Waals surface area contributed by atoms with E-state index in [4.69, 9.17) is 0 Å². The van der Waals surface area contributed by atoms with Crippen LogP contribution in [0.15, 0.2) is 48.1 Å². The summed E-state index contributed by atoms with van der Waals surface area (Å²) in [4.78, 5) is 0. The first-order valence-electron chi connectivity index (χ1n) is 5.81. The topological polar surface area (TPSA) is 0 Å². The van der Waals surface area contributed by atoms with Gasteiger partial charge in [0.2, 0.25) is 0 Å². The summed E-state index contributed by atoms with van der Waals surface area (Å²) in [6.45, 7) is 7.66. The van der Waals surface area contributed by atoms with E-state index in [1.807, 2.05) is 37.3 Å². The molecule has 5 heteroatoms. The molecule has 0 saturated carbocycles. The molecular weight excluding hydrogens is 374 g/mol. The Hall–Kier alpha value is 0.501. The summed E-state index contributed by atoms with van der Waals surface area (Å²) in [6, 6.07) is 12.5. The van der Waals surface area contributed by atoms with E-state index in [-0.39, 0.29) is 69.9 Å². The third kappa shape index (κ3) is 29.2. The number of hydrogen-bond acceptors (Lipinski definition) is 0. The monoisotopic (exact) mass is 400 g/mol. The molecule has 2 radical (unpaired) electrons. The third-order valence-corrected chi connectivity index (χ3v) is 1.78. The fourth-order valence-electron chi connectivity index (χ4n) is 1.03. The van der Waals surface area contributed by atoms with Gasteiger partial charge in [-0.2, -0.15) is 48.9 Å². The Kier molecular flexibility index (Phi) is 58.1. The van der Waals surface area contributed by atoms with Crippen LogP contribution in [-0.4, -0.2) is 11.0 Å². The van der Waals surface area contributed by atoms with Gasteiger partial charge in [-0.3, -0.25) is 6.08 Å². The van der Waals surface area contributed by atoms with Crippen LogP contribution in [0.25, 0.3) is 0 Å². The zero-order valence-electron chi connectivity index (χ0n) is 13.1. The van der Waals surface area contributed by atoms with Gasteiger partial charge in [0, 0.05) is 0 Å². The average Bonchev–Trinajstić information content (AvgIpc) is 2.86. The Morgan fingerprint density at radius 2 is 1.52 bits per heavy atom. The van der Waals surface area contributed by atoms with Gasteiger partial charge in [-0.15, -0.1) is 43.6 Å². The van der Waals surface area contributed by atoms with E-state index in [9.17, 15) is 0 Å². The van der Waals surface area contributed by atoms with Crippen LogP contribution < -0.4 is 0 Å². The van der Waals surface area contributed by atoms with Crippen molar-refractivity contribution in [1.82, 2.24) is 0 Å². The Labute approximate surface area is 169 Å². The van der Waals surface area contributed by atoms with Crippen LogP contribution in [0.5, 0.6) is 0 Å². The van der Waals surface area contributed by atoms with Gasteiger partial charge in [-0.25, -0.2) is 11.6 Å².